The molecule has 0 saturated heterocycles. The van der Waals surface area contributed by atoms with E-state index in [2.05, 4.69) is 25.7 Å². The molecule has 0 unspecified atom stereocenters. The van der Waals surface area contributed by atoms with Gasteiger partial charge in [0.2, 0.25) is 0 Å². The van der Waals surface area contributed by atoms with Gasteiger partial charge >= 0.3 is 5.97 Å². The Morgan fingerprint density at radius 3 is 2.36 bits per heavy atom. The molecular formula is C11H21NO2. The normalized spacial score (nSPS) is 10.3. The Morgan fingerprint density at radius 2 is 1.93 bits per heavy atom. The van der Waals surface area contributed by atoms with Gasteiger partial charge in [-0.15, -0.1) is 0 Å². The van der Waals surface area contributed by atoms with Crippen molar-refractivity contribution in [3.05, 3.63) is 12.2 Å². The predicted octanol–water partition coefficient (Wildman–Crippen LogP) is 1.88. The van der Waals surface area contributed by atoms with Gasteiger partial charge < -0.3 is 10.1 Å². The molecule has 14 heavy (non-hydrogen) atoms. The van der Waals surface area contributed by atoms with Crippen molar-refractivity contribution < 1.29 is 9.53 Å². The van der Waals surface area contributed by atoms with Crippen LogP contribution in [0.2, 0.25) is 0 Å². The van der Waals surface area contributed by atoms with Crippen LogP contribution in [0.1, 0.15) is 33.6 Å². The molecule has 0 atom stereocenters. The molecule has 0 aliphatic rings. The van der Waals surface area contributed by atoms with Gasteiger partial charge in [-0.3, -0.25) is 0 Å². The summed E-state index contributed by atoms with van der Waals surface area (Å²) in [5, 5.41) is 3.26. The van der Waals surface area contributed by atoms with E-state index in [4.69, 9.17) is 4.74 Å². The van der Waals surface area contributed by atoms with Gasteiger partial charge in [-0.05, 0) is 19.8 Å². The molecule has 3 nitrogen and oxygen atoms in total. The van der Waals surface area contributed by atoms with Crippen LogP contribution in [0, 0.1) is 0 Å². The van der Waals surface area contributed by atoms with Gasteiger partial charge in [0.15, 0.2) is 0 Å². The lowest BCUT2D eigenvalue weighted by atomic mass is 10.1. The summed E-state index contributed by atoms with van der Waals surface area (Å²) in [5.74, 6) is -0.300. The molecule has 0 fully saturated rings. The Bertz CT molecular complexity index is 186. The molecule has 0 bridgehead atoms. The van der Waals surface area contributed by atoms with Gasteiger partial charge in [0.25, 0.3) is 0 Å². The maximum atomic E-state index is 11.2. The first-order valence-electron chi connectivity index (χ1n) is 5.23. The topological polar surface area (TPSA) is 38.3 Å². The number of nitrogens with one attached hydrogen (secondary N) is 1. The molecule has 0 aromatic rings. The predicted molar refractivity (Wildman–Crippen MR) is 58.1 cm³/mol. The smallest absolute Gasteiger partial charge is 0.334 e. The van der Waals surface area contributed by atoms with Gasteiger partial charge in [-0.25, -0.2) is 4.79 Å². The fourth-order valence-electron chi connectivity index (χ4n) is 1.15. The minimum atomic E-state index is -0.300. The van der Waals surface area contributed by atoms with Crippen molar-refractivity contribution in [1.29, 1.82) is 0 Å². The third-order valence-electron chi connectivity index (χ3n) is 2.15. The van der Waals surface area contributed by atoms with E-state index in [1.807, 2.05) is 0 Å². The maximum Gasteiger partial charge on any atom is 0.334 e. The molecule has 0 saturated carbocycles. The monoisotopic (exact) mass is 199 g/mol. The van der Waals surface area contributed by atoms with Crippen LogP contribution in [0.4, 0.5) is 0 Å². The second-order valence-corrected chi connectivity index (χ2v) is 3.22. The highest BCUT2D eigenvalue weighted by atomic mass is 16.5. The number of esters is 1. The lowest BCUT2D eigenvalue weighted by molar-refractivity contribution is -0.138. The van der Waals surface area contributed by atoms with Crippen molar-refractivity contribution in [2.24, 2.45) is 0 Å². The van der Waals surface area contributed by atoms with Gasteiger partial charge in [0.1, 0.15) is 0 Å². The van der Waals surface area contributed by atoms with Gasteiger partial charge in [0.05, 0.1) is 6.61 Å². The van der Waals surface area contributed by atoms with Crippen LogP contribution in [0.15, 0.2) is 12.2 Å². The molecule has 0 aliphatic carbocycles. The van der Waals surface area contributed by atoms with Crippen LogP contribution in [0.5, 0.6) is 0 Å². The van der Waals surface area contributed by atoms with Crippen molar-refractivity contribution in [3.63, 3.8) is 0 Å². The summed E-state index contributed by atoms with van der Waals surface area (Å²) in [7, 11) is 0. The van der Waals surface area contributed by atoms with Gasteiger partial charge in [-0.2, -0.15) is 0 Å². The minimum Gasteiger partial charge on any atom is -0.463 e. The second kappa shape index (κ2) is 7.56. The fraction of sp³-hybridized carbons (Fsp3) is 0.727. The van der Waals surface area contributed by atoms with Crippen molar-refractivity contribution in [2.75, 3.05) is 13.2 Å². The standard InChI is InChI=1S/C11H21NO2/c1-5-10(6-2)12-8-9(4)11(13)14-7-3/h10,12H,4-8H2,1-3H3. The molecule has 0 amide bonds. The lowest BCUT2D eigenvalue weighted by Crippen LogP contribution is -2.31. The largest absolute Gasteiger partial charge is 0.463 e. The molecular weight excluding hydrogens is 178 g/mol. The number of rotatable bonds is 7. The van der Waals surface area contributed by atoms with E-state index >= 15 is 0 Å². The van der Waals surface area contributed by atoms with E-state index in [1.54, 1.807) is 6.92 Å². The molecule has 1 N–H and O–H groups in total. The first kappa shape index (κ1) is 13.2. The highest BCUT2D eigenvalue weighted by molar-refractivity contribution is 5.88. The Labute approximate surface area is 86.5 Å². The third-order valence-corrected chi connectivity index (χ3v) is 2.15. The number of hydrogen-bond acceptors (Lipinski definition) is 3. The number of carbonyl (C=O) groups excluding carboxylic acids is 1. The van der Waals surface area contributed by atoms with Crippen LogP contribution in [0.3, 0.4) is 0 Å². The highest BCUT2D eigenvalue weighted by Gasteiger charge is 2.09. The van der Waals surface area contributed by atoms with E-state index in [9.17, 15) is 4.79 Å². The highest BCUT2D eigenvalue weighted by Crippen LogP contribution is 1.99. The molecule has 0 rings (SSSR count). The average molecular weight is 199 g/mol. The molecule has 0 spiro atoms. The SMILES string of the molecule is C=C(CNC(CC)CC)C(=O)OCC. The minimum absolute atomic E-state index is 0.300. The summed E-state index contributed by atoms with van der Waals surface area (Å²) >= 11 is 0. The lowest BCUT2D eigenvalue weighted by Gasteiger charge is -2.14. The summed E-state index contributed by atoms with van der Waals surface area (Å²) in [6.07, 6.45) is 2.12. The van der Waals surface area contributed by atoms with Crippen molar-refractivity contribution in [1.82, 2.24) is 5.32 Å². The van der Waals surface area contributed by atoms with Crippen LogP contribution in [-0.2, 0) is 9.53 Å². The number of hydrogen-bond donors (Lipinski definition) is 1. The van der Waals surface area contributed by atoms with Crippen LogP contribution in [-0.4, -0.2) is 25.2 Å². The van der Waals surface area contributed by atoms with Crippen molar-refractivity contribution in [3.8, 4) is 0 Å². The van der Waals surface area contributed by atoms with E-state index in [0.717, 1.165) is 12.8 Å². The van der Waals surface area contributed by atoms with Crippen molar-refractivity contribution in [2.45, 2.75) is 39.7 Å². The summed E-state index contributed by atoms with van der Waals surface area (Å²) < 4.78 is 4.82. The third kappa shape index (κ3) is 5.02. The Balaban J connectivity index is 3.77. The van der Waals surface area contributed by atoms with E-state index in [0.29, 0.717) is 24.8 Å². The molecule has 82 valence electrons. The number of ether oxygens (including phenoxy) is 1. The zero-order valence-corrected chi connectivity index (χ0v) is 9.43. The molecule has 0 aromatic heterocycles. The number of carbonyl (C=O) groups is 1. The quantitative estimate of drug-likeness (QED) is 0.502. The maximum absolute atomic E-state index is 11.2. The Kier molecular flexibility index (Phi) is 7.11. The summed E-state index contributed by atoms with van der Waals surface area (Å²) in [5.41, 5.74) is 0.499. The molecule has 0 heterocycles. The van der Waals surface area contributed by atoms with Crippen LogP contribution in [0.25, 0.3) is 0 Å². The van der Waals surface area contributed by atoms with Crippen LogP contribution >= 0.6 is 0 Å². The van der Waals surface area contributed by atoms with Crippen molar-refractivity contribution >= 4 is 5.97 Å². The van der Waals surface area contributed by atoms with Gasteiger partial charge in [-0.1, -0.05) is 20.4 Å². The van der Waals surface area contributed by atoms with Gasteiger partial charge in [0, 0.05) is 18.2 Å². The Morgan fingerprint density at radius 1 is 1.36 bits per heavy atom. The second-order valence-electron chi connectivity index (χ2n) is 3.22. The first-order chi connectivity index (χ1) is 6.65. The molecule has 0 aliphatic heterocycles. The van der Waals surface area contributed by atoms with E-state index in [-0.39, 0.29) is 5.97 Å². The fourth-order valence-corrected chi connectivity index (χ4v) is 1.15. The molecule has 0 radical (unpaired) electrons. The summed E-state index contributed by atoms with van der Waals surface area (Å²) in [6.45, 7) is 10.6. The first-order valence-corrected chi connectivity index (χ1v) is 5.23. The molecule has 0 aromatic carbocycles. The zero-order valence-electron chi connectivity index (χ0n) is 9.43. The Hall–Kier alpha value is -0.830. The molecule has 3 heteroatoms. The van der Waals surface area contributed by atoms with E-state index in [1.165, 1.54) is 0 Å². The summed E-state index contributed by atoms with van der Waals surface area (Å²) in [4.78, 5) is 11.2. The zero-order chi connectivity index (χ0) is 11.0. The van der Waals surface area contributed by atoms with Crippen LogP contribution < -0.4 is 5.32 Å². The van der Waals surface area contributed by atoms with E-state index < -0.39 is 0 Å². The summed E-state index contributed by atoms with van der Waals surface area (Å²) in [6, 6.07) is 0.459. The average Bonchev–Trinajstić information content (AvgIpc) is 2.19.